The molecule has 84 valence electrons. The van der Waals surface area contributed by atoms with E-state index in [-0.39, 0.29) is 5.75 Å². The van der Waals surface area contributed by atoms with Gasteiger partial charge in [-0.15, -0.1) is 0 Å². The molecule has 15 heavy (non-hydrogen) atoms. The van der Waals surface area contributed by atoms with Gasteiger partial charge in [-0.3, -0.25) is 0 Å². The van der Waals surface area contributed by atoms with Gasteiger partial charge in [0, 0.05) is 0 Å². The molecule has 0 saturated carbocycles. The first-order valence-electron chi connectivity index (χ1n) is 5.27. The second-order valence-electron chi connectivity index (χ2n) is 4.15. The Morgan fingerprint density at radius 3 is 2.47 bits per heavy atom. The van der Waals surface area contributed by atoms with E-state index >= 15 is 0 Å². The first kappa shape index (κ1) is 12.2. The average molecular weight is 226 g/mol. The zero-order valence-corrected chi connectivity index (χ0v) is 10.3. The molecule has 0 atom stereocenters. The molecule has 3 heteroatoms. The van der Waals surface area contributed by atoms with E-state index < -0.39 is 9.84 Å². The molecule has 0 unspecified atom stereocenters. The van der Waals surface area contributed by atoms with Gasteiger partial charge in [-0.05, 0) is 30.0 Å². The van der Waals surface area contributed by atoms with Crippen molar-refractivity contribution in [3.05, 3.63) is 29.8 Å². The summed E-state index contributed by atoms with van der Waals surface area (Å²) in [6.07, 6.45) is 0.924. The molecule has 0 bridgehead atoms. The maximum Gasteiger partial charge on any atom is 0.178 e. The van der Waals surface area contributed by atoms with Gasteiger partial charge in [-0.2, -0.15) is 0 Å². The van der Waals surface area contributed by atoms with E-state index in [2.05, 4.69) is 13.8 Å². The van der Waals surface area contributed by atoms with Crippen molar-refractivity contribution in [1.82, 2.24) is 0 Å². The second kappa shape index (κ2) is 4.79. The molecule has 0 heterocycles. The maximum atomic E-state index is 11.6. The summed E-state index contributed by atoms with van der Waals surface area (Å²) in [7, 11) is -3.06. The molecule has 0 radical (unpaired) electrons. The fourth-order valence-corrected chi connectivity index (χ4v) is 2.45. The van der Waals surface area contributed by atoms with Gasteiger partial charge in [0.2, 0.25) is 0 Å². The van der Waals surface area contributed by atoms with Crippen molar-refractivity contribution in [1.29, 1.82) is 0 Å². The normalized spacial score (nSPS) is 12.0. The third kappa shape index (κ3) is 3.34. The summed E-state index contributed by atoms with van der Waals surface area (Å²) in [5, 5.41) is 0. The van der Waals surface area contributed by atoms with Crippen LogP contribution in [0, 0.1) is 5.92 Å². The minimum atomic E-state index is -3.06. The van der Waals surface area contributed by atoms with Gasteiger partial charge in [0.1, 0.15) is 0 Å². The van der Waals surface area contributed by atoms with Crippen LogP contribution in [0.5, 0.6) is 0 Å². The Morgan fingerprint density at radius 2 is 1.93 bits per heavy atom. The number of rotatable bonds is 4. The summed E-state index contributed by atoms with van der Waals surface area (Å²) in [5.41, 5.74) is 1.10. The summed E-state index contributed by atoms with van der Waals surface area (Å²) >= 11 is 0. The Balaban J connectivity index is 3.03. The monoisotopic (exact) mass is 226 g/mol. The van der Waals surface area contributed by atoms with Crippen LogP contribution in [-0.4, -0.2) is 14.2 Å². The largest absolute Gasteiger partial charge is 0.224 e. The van der Waals surface area contributed by atoms with Gasteiger partial charge in [0.15, 0.2) is 9.84 Å². The van der Waals surface area contributed by atoms with E-state index in [0.29, 0.717) is 10.8 Å². The highest BCUT2D eigenvalue weighted by Crippen LogP contribution is 2.15. The number of hydrogen-bond donors (Lipinski definition) is 0. The van der Waals surface area contributed by atoms with Gasteiger partial charge < -0.3 is 0 Å². The SMILES string of the molecule is CCS(=O)(=O)c1cccc(CC(C)C)c1. The molecular formula is C12H18O2S. The molecule has 2 nitrogen and oxygen atoms in total. The quantitative estimate of drug-likeness (QED) is 0.791. The van der Waals surface area contributed by atoms with Crippen molar-refractivity contribution < 1.29 is 8.42 Å². The van der Waals surface area contributed by atoms with Crippen LogP contribution in [0.2, 0.25) is 0 Å². The van der Waals surface area contributed by atoms with Gasteiger partial charge in [-0.1, -0.05) is 32.9 Å². The number of hydrogen-bond acceptors (Lipinski definition) is 2. The van der Waals surface area contributed by atoms with Crippen molar-refractivity contribution in [2.24, 2.45) is 5.92 Å². The van der Waals surface area contributed by atoms with E-state index in [1.165, 1.54) is 0 Å². The van der Waals surface area contributed by atoms with Gasteiger partial charge >= 0.3 is 0 Å². The van der Waals surface area contributed by atoms with Crippen LogP contribution < -0.4 is 0 Å². The van der Waals surface area contributed by atoms with Crippen LogP contribution in [-0.2, 0) is 16.3 Å². The first-order valence-corrected chi connectivity index (χ1v) is 6.92. The number of sulfone groups is 1. The fourth-order valence-electron chi connectivity index (χ4n) is 1.50. The fraction of sp³-hybridized carbons (Fsp3) is 0.500. The minimum absolute atomic E-state index is 0.165. The Kier molecular flexibility index (Phi) is 3.91. The molecule has 0 saturated heterocycles. The van der Waals surface area contributed by atoms with Gasteiger partial charge in [0.05, 0.1) is 10.6 Å². The summed E-state index contributed by atoms with van der Waals surface area (Å²) < 4.78 is 23.3. The van der Waals surface area contributed by atoms with E-state index in [4.69, 9.17) is 0 Å². The molecule has 0 aliphatic heterocycles. The molecule has 1 aromatic rings. The minimum Gasteiger partial charge on any atom is -0.224 e. The lowest BCUT2D eigenvalue weighted by molar-refractivity contribution is 0.596. The highest BCUT2D eigenvalue weighted by molar-refractivity contribution is 7.91. The molecule has 0 aliphatic carbocycles. The summed E-state index contributed by atoms with van der Waals surface area (Å²) in [6.45, 7) is 5.92. The van der Waals surface area contributed by atoms with Crippen LogP contribution in [0.3, 0.4) is 0 Å². The topological polar surface area (TPSA) is 34.1 Å². The van der Waals surface area contributed by atoms with Gasteiger partial charge in [-0.25, -0.2) is 8.42 Å². The van der Waals surface area contributed by atoms with Crippen molar-refractivity contribution in [3.63, 3.8) is 0 Å². The van der Waals surface area contributed by atoms with Crippen LogP contribution in [0.1, 0.15) is 26.3 Å². The van der Waals surface area contributed by atoms with Gasteiger partial charge in [0.25, 0.3) is 0 Å². The van der Waals surface area contributed by atoms with E-state index in [9.17, 15) is 8.42 Å². The van der Waals surface area contributed by atoms with E-state index in [1.54, 1.807) is 19.1 Å². The van der Waals surface area contributed by atoms with Crippen molar-refractivity contribution in [2.75, 3.05) is 5.75 Å². The van der Waals surface area contributed by atoms with Crippen molar-refractivity contribution >= 4 is 9.84 Å². The standard InChI is InChI=1S/C12H18O2S/c1-4-15(13,14)12-7-5-6-11(9-12)8-10(2)3/h5-7,9-10H,4,8H2,1-3H3. The Morgan fingerprint density at radius 1 is 1.27 bits per heavy atom. The van der Waals surface area contributed by atoms with Crippen LogP contribution in [0.4, 0.5) is 0 Å². The predicted molar refractivity (Wildman–Crippen MR) is 62.7 cm³/mol. The van der Waals surface area contributed by atoms with Crippen LogP contribution in [0.25, 0.3) is 0 Å². The summed E-state index contributed by atoms with van der Waals surface area (Å²) in [6, 6.07) is 7.26. The third-order valence-electron chi connectivity index (χ3n) is 2.28. The smallest absolute Gasteiger partial charge is 0.178 e. The summed E-state index contributed by atoms with van der Waals surface area (Å²) in [5.74, 6) is 0.711. The molecule has 0 aromatic heterocycles. The molecule has 0 N–H and O–H groups in total. The molecule has 0 spiro atoms. The average Bonchev–Trinajstić information content (AvgIpc) is 2.17. The Bertz CT molecular complexity index is 419. The lowest BCUT2D eigenvalue weighted by Crippen LogP contribution is -2.04. The van der Waals surface area contributed by atoms with E-state index in [0.717, 1.165) is 12.0 Å². The number of benzene rings is 1. The first-order chi connectivity index (χ1) is 6.95. The molecule has 0 aliphatic rings. The lowest BCUT2D eigenvalue weighted by Gasteiger charge is -2.07. The zero-order valence-electron chi connectivity index (χ0n) is 9.53. The molecule has 1 rings (SSSR count). The highest BCUT2D eigenvalue weighted by atomic mass is 32.2. The molecule has 0 amide bonds. The van der Waals surface area contributed by atoms with E-state index in [1.807, 2.05) is 12.1 Å². The third-order valence-corrected chi connectivity index (χ3v) is 4.01. The Labute approximate surface area is 92.2 Å². The lowest BCUT2D eigenvalue weighted by atomic mass is 10.0. The predicted octanol–water partition coefficient (Wildman–Crippen LogP) is 2.68. The van der Waals surface area contributed by atoms with Crippen molar-refractivity contribution in [2.45, 2.75) is 32.1 Å². The highest BCUT2D eigenvalue weighted by Gasteiger charge is 2.11. The molecule has 1 aromatic carbocycles. The summed E-state index contributed by atoms with van der Waals surface area (Å²) in [4.78, 5) is 0.447. The maximum absolute atomic E-state index is 11.6. The molecular weight excluding hydrogens is 208 g/mol. The Hall–Kier alpha value is -0.830. The molecule has 0 fully saturated rings. The van der Waals surface area contributed by atoms with Crippen LogP contribution >= 0.6 is 0 Å². The zero-order chi connectivity index (χ0) is 11.5. The van der Waals surface area contributed by atoms with Crippen molar-refractivity contribution in [3.8, 4) is 0 Å². The van der Waals surface area contributed by atoms with Crippen LogP contribution in [0.15, 0.2) is 29.2 Å². The second-order valence-corrected chi connectivity index (χ2v) is 6.43.